The summed E-state index contributed by atoms with van der Waals surface area (Å²) in [6.07, 6.45) is 3.06. The minimum Gasteiger partial charge on any atom is -0.330 e. The number of benzene rings is 1. The molecule has 0 saturated carbocycles. The van der Waals surface area contributed by atoms with Crippen LogP contribution in [0.4, 0.5) is 5.69 Å². The number of aromatic nitrogens is 2. The van der Waals surface area contributed by atoms with Crippen LogP contribution in [0.15, 0.2) is 24.3 Å². The zero-order valence-electron chi connectivity index (χ0n) is 12.0. The largest absolute Gasteiger partial charge is 0.330 e. The average Bonchev–Trinajstić information content (AvgIpc) is 2.84. The van der Waals surface area contributed by atoms with E-state index < -0.39 is 0 Å². The van der Waals surface area contributed by atoms with E-state index >= 15 is 0 Å². The van der Waals surface area contributed by atoms with E-state index in [4.69, 9.17) is 5.73 Å². The maximum absolute atomic E-state index is 11.3. The molecule has 2 N–H and O–H groups in total. The van der Waals surface area contributed by atoms with Crippen molar-refractivity contribution in [3.05, 3.63) is 45.6 Å². The molecule has 1 aromatic carbocycles. The van der Waals surface area contributed by atoms with Gasteiger partial charge in [-0.15, -0.1) is 0 Å². The fourth-order valence-electron chi connectivity index (χ4n) is 3.23. The number of rotatable bonds is 3. The Morgan fingerprint density at radius 3 is 2.95 bits per heavy atom. The number of hydrogen-bond donors (Lipinski definition) is 1. The molecule has 110 valence electrons. The number of nitro benzene ring substituents is 1. The van der Waals surface area contributed by atoms with Crippen LogP contribution in [0.2, 0.25) is 0 Å². The zero-order chi connectivity index (χ0) is 15.0. The van der Waals surface area contributed by atoms with Crippen LogP contribution in [0.3, 0.4) is 0 Å². The highest BCUT2D eigenvalue weighted by Gasteiger charge is 2.30. The maximum atomic E-state index is 11.3. The quantitative estimate of drug-likeness (QED) is 0.693. The van der Waals surface area contributed by atoms with Gasteiger partial charge < -0.3 is 5.73 Å². The second-order valence-corrected chi connectivity index (χ2v) is 5.43. The lowest BCUT2D eigenvalue weighted by atomic mass is 9.84. The fraction of sp³-hybridized carbons (Fsp3) is 0.400. The zero-order valence-corrected chi connectivity index (χ0v) is 12.0. The van der Waals surface area contributed by atoms with Gasteiger partial charge in [-0.25, -0.2) is 0 Å². The standard InChI is InChI=1S/C15H18N4O2/c1-18-13-8-4-5-10(9-16)14(13)15(17-18)11-6-2-3-7-12(11)19(20)21/h2-3,6-7,10H,4-5,8-9,16H2,1H3. The molecule has 0 saturated heterocycles. The molecule has 1 atom stereocenters. The topological polar surface area (TPSA) is 87.0 Å². The first-order valence-electron chi connectivity index (χ1n) is 7.13. The van der Waals surface area contributed by atoms with E-state index in [-0.39, 0.29) is 16.5 Å². The van der Waals surface area contributed by atoms with Gasteiger partial charge in [-0.05, 0) is 31.9 Å². The summed E-state index contributed by atoms with van der Waals surface area (Å²) in [7, 11) is 1.90. The van der Waals surface area contributed by atoms with Gasteiger partial charge >= 0.3 is 0 Å². The van der Waals surface area contributed by atoms with Crippen molar-refractivity contribution in [3.8, 4) is 11.3 Å². The molecule has 21 heavy (non-hydrogen) atoms. The number of nitrogens with two attached hydrogens (primary N) is 1. The molecule has 0 spiro atoms. The Bertz CT molecular complexity index is 693. The van der Waals surface area contributed by atoms with Crippen molar-refractivity contribution in [2.75, 3.05) is 6.54 Å². The second kappa shape index (κ2) is 5.29. The van der Waals surface area contributed by atoms with E-state index in [9.17, 15) is 10.1 Å². The molecule has 1 unspecified atom stereocenters. The summed E-state index contributed by atoms with van der Waals surface area (Å²) >= 11 is 0. The maximum Gasteiger partial charge on any atom is 0.278 e. The molecule has 0 fully saturated rings. The summed E-state index contributed by atoms with van der Waals surface area (Å²) in [4.78, 5) is 10.9. The third-order valence-electron chi connectivity index (χ3n) is 4.22. The molecular weight excluding hydrogens is 268 g/mol. The molecule has 3 rings (SSSR count). The minimum absolute atomic E-state index is 0.0970. The number of hydrogen-bond acceptors (Lipinski definition) is 4. The van der Waals surface area contributed by atoms with E-state index in [2.05, 4.69) is 5.10 Å². The van der Waals surface area contributed by atoms with Crippen LogP contribution in [0.1, 0.15) is 30.0 Å². The van der Waals surface area contributed by atoms with E-state index in [1.807, 2.05) is 17.8 Å². The molecule has 0 bridgehead atoms. The van der Waals surface area contributed by atoms with E-state index in [0.717, 1.165) is 36.2 Å². The van der Waals surface area contributed by atoms with Gasteiger partial charge in [0.05, 0.1) is 10.5 Å². The Morgan fingerprint density at radius 2 is 2.24 bits per heavy atom. The summed E-state index contributed by atoms with van der Waals surface area (Å²) in [5.74, 6) is 0.234. The highest BCUT2D eigenvalue weighted by atomic mass is 16.6. The van der Waals surface area contributed by atoms with Crippen LogP contribution >= 0.6 is 0 Å². The van der Waals surface area contributed by atoms with Gasteiger partial charge in [0, 0.05) is 30.3 Å². The number of aryl methyl sites for hydroxylation is 1. The van der Waals surface area contributed by atoms with Gasteiger partial charge in [0.1, 0.15) is 5.69 Å². The lowest BCUT2D eigenvalue weighted by Gasteiger charge is -2.22. The molecular formula is C15H18N4O2. The first kappa shape index (κ1) is 13.8. The number of para-hydroxylation sites is 1. The van der Waals surface area contributed by atoms with Crippen LogP contribution in [0, 0.1) is 10.1 Å². The van der Waals surface area contributed by atoms with E-state index in [1.54, 1.807) is 12.1 Å². The third kappa shape index (κ3) is 2.21. The van der Waals surface area contributed by atoms with Crippen molar-refractivity contribution in [1.82, 2.24) is 9.78 Å². The first-order chi connectivity index (χ1) is 10.1. The van der Waals surface area contributed by atoms with Crippen molar-refractivity contribution in [2.24, 2.45) is 12.8 Å². The Balaban J connectivity index is 2.23. The average molecular weight is 286 g/mol. The highest BCUT2D eigenvalue weighted by Crippen LogP contribution is 2.40. The summed E-state index contributed by atoms with van der Waals surface area (Å²) < 4.78 is 1.85. The highest BCUT2D eigenvalue weighted by molar-refractivity contribution is 5.74. The predicted molar refractivity (Wildman–Crippen MR) is 80.0 cm³/mol. The normalized spacial score (nSPS) is 17.5. The Hall–Kier alpha value is -2.21. The van der Waals surface area contributed by atoms with Crippen molar-refractivity contribution in [2.45, 2.75) is 25.2 Å². The van der Waals surface area contributed by atoms with Gasteiger partial charge in [0.2, 0.25) is 0 Å². The van der Waals surface area contributed by atoms with Gasteiger partial charge in [-0.3, -0.25) is 14.8 Å². The summed E-state index contributed by atoms with van der Waals surface area (Å²) in [5, 5.41) is 15.8. The van der Waals surface area contributed by atoms with Crippen molar-refractivity contribution in [1.29, 1.82) is 0 Å². The first-order valence-corrected chi connectivity index (χ1v) is 7.13. The van der Waals surface area contributed by atoms with Crippen molar-refractivity contribution < 1.29 is 4.92 Å². The van der Waals surface area contributed by atoms with Gasteiger partial charge in [0.15, 0.2) is 0 Å². The van der Waals surface area contributed by atoms with Crippen LogP contribution in [0.25, 0.3) is 11.3 Å². The van der Waals surface area contributed by atoms with Crippen LogP contribution < -0.4 is 5.73 Å². The Kier molecular flexibility index (Phi) is 3.47. The third-order valence-corrected chi connectivity index (χ3v) is 4.22. The Morgan fingerprint density at radius 1 is 1.48 bits per heavy atom. The monoisotopic (exact) mass is 286 g/mol. The smallest absolute Gasteiger partial charge is 0.278 e. The molecule has 0 radical (unpaired) electrons. The van der Waals surface area contributed by atoms with Crippen molar-refractivity contribution in [3.63, 3.8) is 0 Å². The molecule has 2 aromatic rings. The Labute approximate surface area is 122 Å². The van der Waals surface area contributed by atoms with Gasteiger partial charge in [-0.1, -0.05) is 12.1 Å². The molecule has 1 aliphatic carbocycles. The number of nitrogens with zero attached hydrogens (tertiary/aromatic N) is 3. The van der Waals surface area contributed by atoms with E-state index in [0.29, 0.717) is 12.1 Å². The lowest BCUT2D eigenvalue weighted by molar-refractivity contribution is -0.384. The summed E-state index contributed by atoms with van der Waals surface area (Å²) in [5.41, 5.74) is 9.55. The lowest BCUT2D eigenvalue weighted by Crippen LogP contribution is -2.19. The molecule has 0 amide bonds. The number of fused-ring (bicyclic) bond motifs is 1. The molecule has 1 aliphatic rings. The summed E-state index contributed by atoms with van der Waals surface area (Å²) in [6.45, 7) is 0.548. The van der Waals surface area contributed by atoms with Crippen LogP contribution in [-0.4, -0.2) is 21.2 Å². The van der Waals surface area contributed by atoms with Gasteiger partial charge in [-0.2, -0.15) is 5.10 Å². The summed E-state index contributed by atoms with van der Waals surface area (Å²) in [6, 6.07) is 6.78. The molecule has 6 nitrogen and oxygen atoms in total. The molecule has 6 heteroatoms. The molecule has 0 aliphatic heterocycles. The van der Waals surface area contributed by atoms with Crippen LogP contribution in [-0.2, 0) is 13.5 Å². The minimum atomic E-state index is -0.351. The van der Waals surface area contributed by atoms with E-state index in [1.165, 1.54) is 6.07 Å². The fourth-order valence-corrected chi connectivity index (χ4v) is 3.23. The van der Waals surface area contributed by atoms with Crippen molar-refractivity contribution >= 4 is 5.69 Å². The predicted octanol–water partition coefficient (Wildman–Crippen LogP) is 2.37. The number of nitro groups is 1. The molecule has 1 heterocycles. The van der Waals surface area contributed by atoms with Gasteiger partial charge in [0.25, 0.3) is 5.69 Å². The van der Waals surface area contributed by atoms with Crippen LogP contribution in [0.5, 0.6) is 0 Å². The second-order valence-electron chi connectivity index (χ2n) is 5.43. The molecule has 1 aromatic heterocycles. The SMILES string of the molecule is Cn1nc(-c2ccccc2[N+](=O)[O-])c2c1CCCC2CN.